The minimum absolute atomic E-state index is 0.0141. The standard InChI is InChI=1S/C14H14BrNOS/c1-10(11-5-3-2-4-6-11)8-16-14(17)12-7-13(15)18-9-12/h2-7,9-10H,8H2,1H3,(H,16,17). The first-order valence-corrected chi connectivity index (χ1v) is 7.41. The van der Waals surface area contributed by atoms with E-state index in [1.165, 1.54) is 16.9 Å². The van der Waals surface area contributed by atoms with E-state index in [4.69, 9.17) is 0 Å². The van der Waals surface area contributed by atoms with Crippen molar-refractivity contribution >= 4 is 33.2 Å². The zero-order valence-electron chi connectivity index (χ0n) is 10.0. The van der Waals surface area contributed by atoms with Crippen LogP contribution in [0.25, 0.3) is 0 Å². The average Bonchev–Trinajstić information content (AvgIpc) is 2.83. The number of halogens is 1. The number of nitrogens with one attached hydrogen (secondary N) is 1. The Labute approximate surface area is 119 Å². The summed E-state index contributed by atoms with van der Waals surface area (Å²) in [6, 6.07) is 12.0. The van der Waals surface area contributed by atoms with Gasteiger partial charge in [-0.05, 0) is 33.5 Å². The highest BCUT2D eigenvalue weighted by Crippen LogP contribution is 2.20. The fourth-order valence-corrected chi connectivity index (χ4v) is 2.81. The van der Waals surface area contributed by atoms with E-state index in [1.807, 2.05) is 29.6 Å². The normalized spacial score (nSPS) is 12.1. The zero-order valence-corrected chi connectivity index (χ0v) is 12.4. The number of carbonyl (C=O) groups excluding carboxylic acids is 1. The molecular weight excluding hydrogens is 310 g/mol. The van der Waals surface area contributed by atoms with Crippen LogP contribution in [0.1, 0.15) is 28.8 Å². The Hall–Kier alpha value is -1.13. The summed E-state index contributed by atoms with van der Waals surface area (Å²) >= 11 is 4.87. The van der Waals surface area contributed by atoms with E-state index >= 15 is 0 Å². The van der Waals surface area contributed by atoms with Crippen molar-refractivity contribution in [3.63, 3.8) is 0 Å². The largest absolute Gasteiger partial charge is 0.351 e. The molecule has 0 aliphatic rings. The monoisotopic (exact) mass is 323 g/mol. The first-order valence-electron chi connectivity index (χ1n) is 5.74. The molecule has 0 radical (unpaired) electrons. The number of thiophene rings is 1. The van der Waals surface area contributed by atoms with Crippen LogP contribution in [0.15, 0.2) is 45.6 Å². The van der Waals surface area contributed by atoms with Gasteiger partial charge in [0.25, 0.3) is 5.91 Å². The topological polar surface area (TPSA) is 29.1 Å². The fraction of sp³-hybridized carbons (Fsp3) is 0.214. The molecule has 4 heteroatoms. The van der Waals surface area contributed by atoms with Crippen molar-refractivity contribution in [2.24, 2.45) is 0 Å². The van der Waals surface area contributed by atoms with Gasteiger partial charge in [-0.2, -0.15) is 0 Å². The SMILES string of the molecule is CC(CNC(=O)c1csc(Br)c1)c1ccccc1. The van der Waals surface area contributed by atoms with E-state index in [9.17, 15) is 4.79 Å². The molecule has 94 valence electrons. The van der Waals surface area contributed by atoms with Crippen LogP contribution in [0.3, 0.4) is 0 Å². The highest BCUT2D eigenvalue weighted by Gasteiger charge is 2.10. The summed E-state index contributed by atoms with van der Waals surface area (Å²) in [6.07, 6.45) is 0. The maximum atomic E-state index is 11.9. The van der Waals surface area contributed by atoms with Crippen LogP contribution in [0, 0.1) is 0 Å². The average molecular weight is 324 g/mol. The van der Waals surface area contributed by atoms with Gasteiger partial charge in [0.1, 0.15) is 0 Å². The molecule has 1 heterocycles. The van der Waals surface area contributed by atoms with E-state index in [2.05, 4.69) is 40.3 Å². The summed E-state index contributed by atoms with van der Waals surface area (Å²) < 4.78 is 0.976. The van der Waals surface area contributed by atoms with Gasteiger partial charge in [0, 0.05) is 11.9 Å². The Morgan fingerprint density at radius 1 is 1.39 bits per heavy atom. The van der Waals surface area contributed by atoms with Crippen LogP contribution in [0.2, 0.25) is 0 Å². The first kappa shape index (κ1) is 13.3. The number of hydrogen-bond acceptors (Lipinski definition) is 2. The number of hydrogen-bond donors (Lipinski definition) is 1. The second kappa shape index (κ2) is 6.16. The van der Waals surface area contributed by atoms with Crippen molar-refractivity contribution in [2.75, 3.05) is 6.54 Å². The minimum Gasteiger partial charge on any atom is -0.351 e. The Kier molecular flexibility index (Phi) is 4.55. The molecular formula is C14H14BrNOS. The molecule has 1 atom stereocenters. The molecule has 18 heavy (non-hydrogen) atoms. The predicted molar refractivity (Wildman–Crippen MR) is 79.2 cm³/mol. The fourth-order valence-electron chi connectivity index (χ4n) is 1.68. The lowest BCUT2D eigenvalue weighted by molar-refractivity contribution is 0.0952. The molecule has 1 aromatic carbocycles. The van der Waals surface area contributed by atoms with Crippen LogP contribution in [-0.2, 0) is 0 Å². The zero-order chi connectivity index (χ0) is 13.0. The lowest BCUT2D eigenvalue weighted by Crippen LogP contribution is -2.27. The van der Waals surface area contributed by atoms with Crippen molar-refractivity contribution in [3.8, 4) is 0 Å². The third-order valence-corrected chi connectivity index (χ3v) is 4.27. The molecule has 0 spiro atoms. The summed E-state index contributed by atoms with van der Waals surface area (Å²) in [7, 11) is 0. The molecule has 0 saturated heterocycles. The van der Waals surface area contributed by atoms with Gasteiger partial charge in [-0.15, -0.1) is 11.3 Å². The van der Waals surface area contributed by atoms with Crippen LogP contribution < -0.4 is 5.32 Å². The van der Waals surface area contributed by atoms with E-state index in [0.29, 0.717) is 18.0 Å². The molecule has 0 aliphatic carbocycles. The van der Waals surface area contributed by atoms with E-state index < -0.39 is 0 Å². The molecule has 0 bridgehead atoms. The van der Waals surface area contributed by atoms with Gasteiger partial charge in [-0.25, -0.2) is 0 Å². The molecule has 1 amide bonds. The minimum atomic E-state index is -0.0141. The van der Waals surface area contributed by atoms with Gasteiger partial charge in [0.05, 0.1) is 9.35 Å². The molecule has 2 rings (SSSR count). The van der Waals surface area contributed by atoms with Gasteiger partial charge >= 0.3 is 0 Å². The molecule has 0 fully saturated rings. The van der Waals surface area contributed by atoms with Gasteiger partial charge in [-0.3, -0.25) is 4.79 Å². The molecule has 1 N–H and O–H groups in total. The summed E-state index contributed by atoms with van der Waals surface area (Å²) in [5.74, 6) is 0.303. The third kappa shape index (κ3) is 3.43. The quantitative estimate of drug-likeness (QED) is 0.903. The summed E-state index contributed by atoms with van der Waals surface area (Å²) in [6.45, 7) is 2.76. The second-order valence-corrected chi connectivity index (χ2v) is 6.45. The van der Waals surface area contributed by atoms with E-state index in [0.717, 1.165) is 3.79 Å². The molecule has 1 unspecified atom stereocenters. The lowest BCUT2D eigenvalue weighted by atomic mass is 10.0. The highest BCUT2D eigenvalue weighted by molar-refractivity contribution is 9.11. The lowest BCUT2D eigenvalue weighted by Gasteiger charge is -2.12. The van der Waals surface area contributed by atoms with Gasteiger partial charge in [0.15, 0.2) is 0 Å². The number of carbonyl (C=O) groups is 1. The van der Waals surface area contributed by atoms with Crippen LogP contribution >= 0.6 is 27.3 Å². The maximum Gasteiger partial charge on any atom is 0.252 e. The maximum absolute atomic E-state index is 11.9. The van der Waals surface area contributed by atoms with Crippen LogP contribution in [0.4, 0.5) is 0 Å². The summed E-state index contributed by atoms with van der Waals surface area (Å²) in [5, 5.41) is 4.81. The second-order valence-electron chi connectivity index (χ2n) is 4.16. The highest BCUT2D eigenvalue weighted by atomic mass is 79.9. The Bertz CT molecular complexity index is 524. The van der Waals surface area contributed by atoms with Gasteiger partial charge in [-0.1, -0.05) is 37.3 Å². The van der Waals surface area contributed by atoms with Crippen LogP contribution in [-0.4, -0.2) is 12.5 Å². The summed E-state index contributed by atoms with van der Waals surface area (Å²) in [4.78, 5) is 11.9. The van der Waals surface area contributed by atoms with Gasteiger partial charge < -0.3 is 5.32 Å². The Balaban J connectivity index is 1.90. The van der Waals surface area contributed by atoms with E-state index in [-0.39, 0.29) is 5.91 Å². The number of rotatable bonds is 4. The number of benzene rings is 1. The first-order chi connectivity index (χ1) is 8.66. The molecule has 0 saturated carbocycles. The molecule has 1 aromatic heterocycles. The third-order valence-electron chi connectivity index (χ3n) is 2.77. The molecule has 2 aromatic rings. The Morgan fingerprint density at radius 3 is 2.72 bits per heavy atom. The number of amides is 1. The predicted octanol–water partition coefficient (Wildman–Crippen LogP) is 4.04. The Morgan fingerprint density at radius 2 is 2.11 bits per heavy atom. The van der Waals surface area contributed by atoms with Crippen molar-refractivity contribution < 1.29 is 4.79 Å². The van der Waals surface area contributed by atoms with Crippen molar-refractivity contribution in [2.45, 2.75) is 12.8 Å². The molecule has 0 aliphatic heterocycles. The smallest absolute Gasteiger partial charge is 0.252 e. The van der Waals surface area contributed by atoms with E-state index in [1.54, 1.807) is 0 Å². The van der Waals surface area contributed by atoms with Crippen molar-refractivity contribution in [1.82, 2.24) is 5.32 Å². The van der Waals surface area contributed by atoms with Crippen LogP contribution in [0.5, 0.6) is 0 Å². The van der Waals surface area contributed by atoms with Crippen molar-refractivity contribution in [3.05, 3.63) is 56.7 Å². The van der Waals surface area contributed by atoms with Gasteiger partial charge in [0.2, 0.25) is 0 Å². The molecule has 2 nitrogen and oxygen atoms in total. The van der Waals surface area contributed by atoms with Crippen molar-refractivity contribution in [1.29, 1.82) is 0 Å². The summed E-state index contributed by atoms with van der Waals surface area (Å²) in [5.41, 5.74) is 1.96.